The molecule has 200 valence electrons. The van der Waals surface area contributed by atoms with Gasteiger partial charge in [-0.25, -0.2) is 9.18 Å². The van der Waals surface area contributed by atoms with Crippen LogP contribution in [0.2, 0.25) is 0 Å². The van der Waals surface area contributed by atoms with Gasteiger partial charge < -0.3 is 25.4 Å². The average molecular weight is 510 g/mol. The molecule has 0 radical (unpaired) electrons. The highest BCUT2D eigenvalue weighted by Crippen LogP contribution is 2.39. The number of carbonyl (C=O) groups is 4. The zero-order chi connectivity index (χ0) is 26.7. The van der Waals surface area contributed by atoms with Crippen molar-refractivity contribution in [2.45, 2.75) is 94.7 Å². The van der Waals surface area contributed by atoms with Gasteiger partial charge in [0, 0.05) is 45.7 Å². The summed E-state index contributed by atoms with van der Waals surface area (Å²) in [7, 11) is 3.13. The Morgan fingerprint density at radius 3 is 2.39 bits per heavy atom. The van der Waals surface area contributed by atoms with Crippen molar-refractivity contribution in [2.75, 3.05) is 12.4 Å². The highest BCUT2D eigenvalue weighted by molar-refractivity contribution is 6.44. The lowest BCUT2D eigenvalue weighted by Crippen LogP contribution is -2.69. The maximum atomic E-state index is 15.4. The topological polar surface area (TPSA) is 141 Å². The summed E-state index contributed by atoms with van der Waals surface area (Å²) >= 11 is 0. The average Bonchev–Trinajstić information content (AvgIpc) is 3.35. The number of alkyl carbamates (subject to hydrolysis) is 1. The molecule has 3 rings (SSSR count). The van der Waals surface area contributed by atoms with Crippen LogP contribution in [0, 0.1) is 0 Å². The highest BCUT2D eigenvalue weighted by atomic mass is 19.1. The van der Waals surface area contributed by atoms with Crippen molar-refractivity contribution in [3.63, 3.8) is 0 Å². The summed E-state index contributed by atoms with van der Waals surface area (Å²) in [5.41, 5.74) is -4.00. The van der Waals surface area contributed by atoms with E-state index in [-0.39, 0.29) is 44.0 Å². The van der Waals surface area contributed by atoms with Crippen LogP contribution in [0.3, 0.4) is 0 Å². The van der Waals surface area contributed by atoms with Crippen molar-refractivity contribution in [2.24, 2.45) is 7.05 Å². The Bertz CT molecular complexity index is 991. The number of hydrogen-bond acceptors (Lipinski definition) is 7. The second-order valence-corrected chi connectivity index (χ2v) is 10.8. The molecular formula is C24H36FN5O6. The number of amides is 3. The molecule has 1 heterocycles. The summed E-state index contributed by atoms with van der Waals surface area (Å²) in [6.07, 6.45) is 2.14. The van der Waals surface area contributed by atoms with Gasteiger partial charge in [-0.1, -0.05) is 12.8 Å². The van der Waals surface area contributed by atoms with Gasteiger partial charge in [0.05, 0.1) is 6.10 Å². The van der Waals surface area contributed by atoms with Gasteiger partial charge in [0.25, 0.3) is 5.91 Å². The predicted octanol–water partition coefficient (Wildman–Crippen LogP) is 2.16. The molecule has 1 aromatic rings. The maximum Gasteiger partial charge on any atom is 0.408 e. The first-order valence-electron chi connectivity index (χ1n) is 12.1. The largest absolute Gasteiger partial charge is 0.444 e. The van der Waals surface area contributed by atoms with E-state index in [0.717, 1.165) is 0 Å². The Hall–Kier alpha value is -3.02. The van der Waals surface area contributed by atoms with Gasteiger partial charge in [-0.3, -0.25) is 19.1 Å². The summed E-state index contributed by atoms with van der Waals surface area (Å²) in [6.45, 7) is 5.01. The van der Waals surface area contributed by atoms with Gasteiger partial charge >= 0.3 is 6.09 Å². The lowest BCUT2D eigenvalue weighted by atomic mass is 9.70. The molecule has 3 N–H and O–H groups in total. The first-order chi connectivity index (χ1) is 16.7. The Balaban J connectivity index is 1.77. The number of hydrogen-bond donors (Lipinski definition) is 3. The van der Waals surface area contributed by atoms with Crippen LogP contribution in [0.4, 0.5) is 15.0 Å². The van der Waals surface area contributed by atoms with Gasteiger partial charge in [0.2, 0.25) is 11.7 Å². The third-order valence-corrected chi connectivity index (χ3v) is 6.52. The van der Waals surface area contributed by atoms with Crippen LogP contribution in [-0.2, 0) is 30.9 Å². The van der Waals surface area contributed by atoms with E-state index < -0.39 is 46.5 Å². The zero-order valence-electron chi connectivity index (χ0n) is 21.5. The van der Waals surface area contributed by atoms with E-state index in [9.17, 15) is 19.2 Å². The van der Waals surface area contributed by atoms with E-state index in [0.29, 0.717) is 12.8 Å². The standard InChI is InChI=1S/C24H36FN5O6/c1-22(2,3)36-21(34)26-16(14-23(25)9-6-7-10-23)19(32)28-24(12-15(13-24)35-5)18(31)20(33)27-17-8-11-30(4)29-17/h8,11,15-16H,6-7,9-10,12-14H2,1-5H3,(H,26,34)(H,28,32)(H,27,29,33)/t15?,16-,24?/m0/s1. The Morgan fingerprint density at radius 2 is 1.86 bits per heavy atom. The number of aromatic nitrogens is 2. The van der Waals surface area contributed by atoms with E-state index in [1.165, 1.54) is 17.9 Å². The highest BCUT2D eigenvalue weighted by Gasteiger charge is 2.54. The minimum absolute atomic E-state index is 0.0592. The molecule has 0 aromatic carbocycles. The molecule has 0 unspecified atom stereocenters. The SMILES string of the molecule is COC1CC(NC(=O)[C@H](CC2(F)CCCC2)NC(=O)OC(C)(C)C)(C(=O)C(=O)Nc2ccn(C)n2)C1. The van der Waals surface area contributed by atoms with Crippen LogP contribution in [-0.4, -0.2) is 69.5 Å². The predicted molar refractivity (Wildman–Crippen MR) is 128 cm³/mol. The van der Waals surface area contributed by atoms with Crippen LogP contribution in [0.1, 0.15) is 65.7 Å². The van der Waals surface area contributed by atoms with Gasteiger partial charge in [0.1, 0.15) is 22.9 Å². The first-order valence-corrected chi connectivity index (χ1v) is 12.1. The number of nitrogens with one attached hydrogen (secondary N) is 3. The lowest BCUT2D eigenvalue weighted by molar-refractivity contribution is -0.149. The van der Waals surface area contributed by atoms with Crippen molar-refractivity contribution in [3.8, 4) is 0 Å². The second-order valence-electron chi connectivity index (χ2n) is 10.8. The summed E-state index contributed by atoms with van der Waals surface area (Å²) < 4.78 is 27.4. The van der Waals surface area contributed by atoms with Crippen LogP contribution in [0.25, 0.3) is 0 Å². The van der Waals surface area contributed by atoms with Gasteiger partial charge in [-0.15, -0.1) is 0 Å². The fourth-order valence-corrected chi connectivity index (χ4v) is 4.66. The number of rotatable bonds is 9. The molecule has 1 atom stereocenters. The molecule has 12 heteroatoms. The molecule has 2 saturated carbocycles. The first kappa shape index (κ1) is 27.6. The third-order valence-electron chi connectivity index (χ3n) is 6.52. The Labute approximate surface area is 209 Å². The molecule has 0 bridgehead atoms. The van der Waals surface area contributed by atoms with E-state index >= 15 is 4.39 Å². The second kappa shape index (κ2) is 10.5. The van der Waals surface area contributed by atoms with Crippen molar-refractivity contribution < 1.29 is 33.0 Å². The molecule has 2 aliphatic rings. The van der Waals surface area contributed by atoms with Crippen LogP contribution in [0.15, 0.2) is 12.3 Å². The number of carbonyl (C=O) groups excluding carboxylic acids is 4. The van der Waals surface area contributed by atoms with Crippen LogP contribution >= 0.6 is 0 Å². The minimum atomic E-state index is -1.63. The number of ether oxygens (including phenoxy) is 2. The van der Waals surface area contributed by atoms with Crippen molar-refractivity contribution in [3.05, 3.63) is 12.3 Å². The Kier molecular flexibility index (Phi) is 8.07. The molecule has 36 heavy (non-hydrogen) atoms. The van der Waals surface area contributed by atoms with Crippen LogP contribution < -0.4 is 16.0 Å². The summed E-state index contributed by atoms with van der Waals surface area (Å²) in [4.78, 5) is 51.7. The van der Waals surface area contributed by atoms with E-state index in [1.807, 2.05) is 0 Å². The molecule has 11 nitrogen and oxygen atoms in total. The third kappa shape index (κ3) is 6.80. The lowest BCUT2D eigenvalue weighted by Gasteiger charge is -2.46. The number of aryl methyl sites for hydroxylation is 1. The number of ketones is 1. The smallest absolute Gasteiger partial charge is 0.408 e. The van der Waals surface area contributed by atoms with Crippen molar-refractivity contribution >= 4 is 29.5 Å². The Morgan fingerprint density at radius 1 is 1.22 bits per heavy atom. The number of nitrogens with zero attached hydrogens (tertiary/aromatic N) is 2. The summed E-state index contributed by atoms with van der Waals surface area (Å²) in [6, 6.07) is 0.228. The summed E-state index contributed by atoms with van der Waals surface area (Å²) in [5, 5.41) is 11.6. The normalized spacial score (nSPS) is 23.8. The van der Waals surface area contributed by atoms with Gasteiger partial charge in [0.15, 0.2) is 5.82 Å². The van der Waals surface area contributed by atoms with Gasteiger partial charge in [-0.05, 0) is 33.6 Å². The molecule has 1 aromatic heterocycles. The fourth-order valence-electron chi connectivity index (χ4n) is 4.66. The molecule has 0 spiro atoms. The molecule has 0 aliphatic heterocycles. The number of anilines is 1. The molecular weight excluding hydrogens is 473 g/mol. The van der Waals surface area contributed by atoms with Crippen molar-refractivity contribution in [1.29, 1.82) is 0 Å². The van der Waals surface area contributed by atoms with Crippen molar-refractivity contribution in [1.82, 2.24) is 20.4 Å². The molecule has 3 amide bonds. The monoisotopic (exact) mass is 509 g/mol. The van der Waals surface area contributed by atoms with E-state index in [2.05, 4.69) is 21.0 Å². The maximum absolute atomic E-state index is 15.4. The zero-order valence-corrected chi connectivity index (χ0v) is 21.5. The quantitative estimate of drug-likeness (QED) is 0.433. The van der Waals surface area contributed by atoms with E-state index in [4.69, 9.17) is 9.47 Å². The number of Topliss-reactive ketones (excluding diaryl/α,β-unsaturated/α-hetero) is 1. The van der Waals surface area contributed by atoms with Gasteiger partial charge in [-0.2, -0.15) is 5.10 Å². The number of halogens is 1. The molecule has 2 fully saturated rings. The van der Waals surface area contributed by atoms with E-state index in [1.54, 1.807) is 34.0 Å². The number of alkyl halides is 1. The summed E-state index contributed by atoms with van der Waals surface area (Å²) in [5.74, 6) is -2.40. The minimum Gasteiger partial charge on any atom is -0.444 e. The fraction of sp³-hybridized carbons (Fsp3) is 0.708. The molecule has 2 aliphatic carbocycles. The van der Waals surface area contributed by atoms with Crippen LogP contribution in [0.5, 0.6) is 0 Å². The molecule has 0 saturated heterocycles. The number of methoxy groups -OCH3 is 1.